The van der Waals surface area contributed by atoms with Gasteiger partial charge in [-0.25, -0.2) is 4.79 Å². The molecule has 1 saturated carbocycles. The molecular formula is C16H21N3O3. The highest BCUT2D eigenvalue weighted by Gasteiger charge is 2.26. The lowest BCUT2D eigenvalue weighted by molar-refractivity contribution is -0.142. The van der Waals surface area contributed by atoms with Gasteiger partial charge in [-0.3, -0.25) is 9.69 Å². The van der Waals surface area contributed by atoms with E-state index in [0.29, 0.717) is 19.1 Å². The lowest BCUT2D eigenvalue weighted by Crippen LogP contribution is -2.30. The number of aliphatic carboxylic acids is 1. The quantitative estimate of drug-likeness (QED) is 0.797. The van der Waals surface area contributed by atoms with Gasteiger partial charge in [-0.2, -0.15) is 0 Å². The third-order valence-electron chi connectivity index (χ3n) is 4.46. The van der Waals surface area contributed by atoms with Crippen molar-refractivity contribution in [2.24, 2.45) is 5.92 Å². The lowest BCUT2D eigenvalue weighted by Gasteiger charge is -2.28. The Labute approximate surface area is 129 Å². The molecule has 6 nitrogen and oxygen atoms in total. The third kappa shape index (κ3) is 3.16. The molecule has 22 heavy (non-hydrogen) atoms. The monoisotopic (exact) mass is 303 g/mol. The molecule has 1 heterocycles. The van der Waals surface area contributed by atoms with Crippen molar-refractivity contribution in [3.8, 4) is 0 Å². The average Bonchev–Trinajstić information content (AvgIpc) is 2.94. The molecule has 6 heteroatoms. The fourth-order valence-corrected chi connectivity index (χ4v) is 3.20. The minimum Gasteiger partial charge on any atom is -0.481 e. The van der Waals surface area contributed by atoms with Crippen molar-refractivity contribution in [3.63, 3.8) is 0 Å². The summed E-state index contributed by atoms with van der Waals surface area (Å²) in [6.45, 7) is 1.36. The van der Waals surface area contributed by atoms with Crippen LogP contribution in [0.15, 0.2) is 24.3 Å². The number of hydrogen-bond acceptors (Lipinski definition) is 3. The topological polar surface area (TPSA) is 81.7 Å². The molecule has 0 atom stereocenters. The van der Waals surface area contributed by atoms with E-state index in [-0.39, 0.29) is 11.9 Å². The normalized spacial score (nSPS) is 24.9. The summed E-state index contributed by atoms with van der Waals surface area (Å²) in [5.74, 6) is -0.877. The van der Waals surface area contributed by atoms with Gasteiger partial charge in [-0.15, -0.1) is 0 Å². The van der Waals surface area contributed by atoms with Crippen molar-refractivity contribution >= 4 is 23.4 Å². The summed E-state index contributed by atoms with van der Waals surface area (Å²) in [7, 11) is 0. The van der Waals surface area contributed by atoms with E-state index in [1.165, 1.54) is 0 Å². The molecule has 1 aliphatic carbocycles. The molecule has 0 bridgehead atoms. The molecular weight excluding hydrogens is 282 g/mol. The number of nitrogens with one attached hydrogen (secondary N) is 2. The maximum absolute atomic E-state index is 11.7. The van der Waals surface area contributed by atoms with E-state index in [1.54, 1.807) is 4.90 Å². The number of rotatable bonds is 4. The number of anilines is 2. The molecule has 1 saturated heterocycles. The lowest BCUT2D eigenvalue weighted by atomic mass is 9.86. The summed E-state index contributed by atoms with van der Waals surface area (Å²) in [6, 6.07) is 8.08. The highest BCUT2D eigenvalue weighted by atomic mass is 16.4. The number of urea groups is 1. The first-order valence-corrected chi connectivity index (χ1v) is 7.78. The van der Waals surface area contributed by atoms with Gasteiger partial charge in [0.15, 0.2) is 0 Å². The molecule has 0 spiro atoms. The van der Waals surface area contributed by atoms with E-state index in [4.69, 9.17) is 5.11 Å². The summed E-state index contributed by atoms with van der Waals surface area (Å²) < 4.78 is 0. The molecule has 0 unspecified atom stereocenters. The second-order valence-corrected chi connectivity index (χ2v) is 5.97. The summed E-state index contributed by atoms with van der Waals surface area (Å²) in [6.07, 6.45) is 3.18. The maximum Gasteiger partial charge on any atom is 0.321 e. The molecule has 0 radical (unpaired) electrons. The van der Waals surface area contributed by atoms with Crippen molar-refractivity contribution in [2.45, 2.75) is 31.7 Å². The highest BCUT2D eigenvalue weighted by molar-refractivity contribution is 5.94. The molecule has 0 aromatic heterocycles. The van der Waals surface area contributed by atoms with Crippen LogP contribution in [0.3, 0.4) is 0 Å². The molecule has 118 valence electrons. The van der Waals surface area contributed by atoms with Gasteiger partial charge in [0.25, 0.3) is 0 Å². The molecule has 2 amide bonds. The van der Waals surface area contributed by atoms with Crippen LogP contribution < -0.4 is 15.5 Å². The number of amides is 2. The Balaban J connectivity index is 1.61. The standard InChI is InChI=1S/C16H21N3O3/c20-15(21)11-4-6-12(7-5-11)18-13-2-1-3-14(10-13)19-9-8-17-16(19)22/h1-3,10-12,18H,4-9H2,(H,17,22)(H,20,21). The zero-order valence-electron chi connectivity index (χ0n) is 12.4. The van der Waals surface area contributed by atoms with Crippen molar-refractivity contribution in [2.75, 3.05) is 23.3 Å². The van der Waals surface area contributed by atoms with E-state index in [0.717, 1.165) is 37.1 Å². The molecule has 1 aromatic carbocycles. The summed E-state index contributed by atoms with van der Waals surface area (Å²) in [5.41, 5.74) is 1.87. The van der Waals surface area contributed by atoms with Crippen molar-refractivity contribution in [1.29, 1.82) is 0 Å². The van der Waals surface area contributed by atoms with Crippen LogP contribution in [-0.4, -0.2) is 36.2 Å². The van der Waals surface area contributed by atoms with Crippen LogP contribution in [0.2, 0.25) is 0 Å². The van der Waals surface area contributed by atoms with Crippen LogP contribution in [0.5, 0.6) is 0 Å². The fraction of sp³-hybridized carbons (Fsp3) is 0.500. The number of hydrogen-bond donors (Lipinski definition) is 3. The summed E-state index contributed by atoms with van der Waals surface area (Å²) >= 11 is 0. The summed E-state index contributed by atoms with van der Waals surface area (Å²) in [5, 5.41) is 15.3. The molecule has 2 aliphatic rings. The minimum absolute atomic E-state index is 0.0564. The second kappa shape index (κ2) is 6.25. The second-order valence-electron chi connectivity index (χ2n) is 5.97. The van der Waals surface area contributed by atoms with E-state index in [9.17, 15) is 9.59 Å². The zero-order chi connectivity index (χ0) is 15.5. The Morgan fingerprint density at radius 1 is 1.27 bits per heavy atom. The maximum atomic E-state index is 11.7. The highest BCUT2D eigenvalue weighted by Crippen LogP contribution is 2.28. The predicted molar refractivity (Wildman–Crippen MR) is 84.2 cm³/mol. The van der Waals surface area contributed by atoms with Gasteiger partial charge >= 0.3 is 12.0 Å². The molecule has 3 N–H and O–H groups in total. The van der Waals surface area contributed by atoms with Crippen LogP contribution >= 0.6 is 0 Å². The first kappa shape index (κ1) is 14.7. The number of carboxylic acids is 1. The van der Waals surface area contributed by atoms with E-state index < -0.39 is 5.97 Å². The Morgan fingerprint density at radius 2 is 2.05 bits per heavy atom. The number of nitrogens with zero attached hydrogens (tertiary/aromatic N) is 1. The average molecular weight is 303 g/mol. The van der Waals surface area contributed by atoms with Gasteiger partial charge < -0.3 is 15.7 Å². The number of benzene rings is 1. The first-order valence-electron chi connectivity index (χ1n) is 7.78. The Morgan fingerprint density at radius 3 is 2.68 bits per heavy atom. The summed E-state index contributed by atoms with van der Waals surface area (Å²) in [4.78, 5) is 24.4. The number of carbonyl (C=O) groups excluding carboxylic acids is 1. The van der Waals surface area contributed by atoms with Crippen LogP contribution in [0.25, 0.3) is 0 Å². The van der Waals surface area contributed by atoms with Crippen molar-refractivity contribution in [1.82, 2.24) is 5.32 Å². The Kier molecular flexibility index (Phi) is 4.18. The zero-order valence-corrected chi connectivity index (χ0v) is 12.4. The number of carboxylic acid groups (broad SMARTS) is 1. The number of carbonyl (C=O) groups is 2. The van der Waals surface area contributed by atoms with E-state index in [1.807, 2.05) is 24.3 Å². The smallest absolute Gasteiger partial charge is 0.321 e. The van der Waals surface area contributed by atoms with Gasteiger partial charge in [0, 0.05) is 30.5 Å². The Bertz CT molecular complexity index is 568. The van der Waals surface area contributed by atoms with E-state index in [2.05, 4.69) is 10.6 Å². The third-order valence-corrected chi connectivity index (χ3v) is 4.46. The van der Waals surface area contributed by atoms with Gasteiger partial charge in [0.05, 0.1) is 5.92 Å². The largest absolute Gasteiger partial charge is 0.481 e. The fourth-order valence-electron chi connectivity index (χ4n) is 3.20. The molecule has 1 aliphatic heterocycles. The molecule has 3 rings (SSSR count). The molecule has 1 aromatic rings. The van der Waals surface area contributed by atoms with Gasteiger partial charge in [0.1, 0.15) is 0 Å². The molecule has 2 fully saturated rings. The first-order chi connectivity index (χ1) is 10.6. The minimum atomic E-state index is -0.680. The van der Waals surface area contributed by atoms with E-state index >= 15 is 0 Å². The van der Waals surface area contributed by atoms with Crippen molar-refractivity contribution < 1.29 is 14.7 Å². The van der Waals surface area contributed by atoms with Crippen LogP contribution in [0.4, 0.5) is 16.2 Å². The van der Waals surface area contributed by atoms with Gasteiger partial charge in [-0.05, 0) is 43.9 Å². The van der Waals surface area contributed by atoms with Gasteiger partial charge in [-0.1, -0.05) is 6.07 Å². The van der Waals surface area contributed by atoms with Crippen LogP contribution in [-0.2, 0) is 4.79 Å². The predicted octanol–water partition coefficient (Wildman–Crippen LogP) is 2.27. The van der Waals surface area contributed by atoms with Crippen LogP contribution in [0, 0.1) is 5.92 Å². The van der Waals surface area contributed by atoms with Crippen molar-refractivity contribution in [3.05, 3.63) is 24.3 Å². The van der Waals surface area contributed by atoms with Gasteiger partial charge in [0.2, 0.25) is 0 Å². The van der Waals surface area contributed by atoms with Crippen LogP contribution in [0.1, 0.15) is 25.7 Å². The Hall–Kier alpha value is -2.24. The SMILES string of the molecule is O=C(O)C1CCC(Nc2cccc(N3CCNC3=O)c2)CC1.